The molecule has 0 bridgehead atoms. The number of hydrogen-bond donors (Lipinski definition) is 0. The van der Waals surface area contributed by atoms with Crippen LogP contribution in [-0.2, 0) is 30.7 Å². The van der Waals surface area contributed by atoms with Crippen LogP contribution in [0.25, 0.3) is 0 Å². The molecule has 3 rings (SSSR count). The summed E-state index contributed by atoms with van der Waals surface area (Å²) >= 11 is 0. The van der Waals surface area contributed by atoms with Crippen molar-refractivity contribution in [3.8, 4) is 0 Å². The number of rotatable bonds is 4. The van der Waals surface area contributed by atoms with Gasteiger partial charge in [0.05, 0.1) is 12.7 Å². The molecular weight excluding hydrogens is 385 g/mol. The maximum absolute atomic E-state index is 13.1. The van der Waals surface area contributed by atoms with Crippen molar-refractivity contribution < 1.29 is 32.2 Å². The Morgan fingerprint density at radius 2 is 1.72 bits per heavy atom. The first-order chi connectivity index (χ1) is 13.7. The van der Waals surface area contributed by atoms with Gasteiger partial charge in [0.25, 0.3) is 0 Å². The minimum atomic E-state index is -4.47. The van der Waals surface area contributed by atoms with Gasteiger partial charge in [0.1, 0.15) is 5.41 Å². The summed E-state index contributed by atoms with van der Waals surface area (Å²) in [6.07, 6.45) is -2.71. The van der Waals surface area contributed by atoms with Crippen LogP contribution in [0.5, 0.6) is 0 Å². The van der Waals surface area contributed by atoms with Crippen LogP contribution in [0.2, 0.25) is 0 Å². The van der Waals surface area contributed by atoms with Crippen molar-refractivity contribution >= 4 is 11.9 Å². The lowest BCUT2D eigenvalue weighted by atomic mass is 9.64. The summed E-state index contributed by atoms with van der Waals surface area (Å²) in [4.78, 5) is 25.1. The Kier molecular flexibility index (Phi) is 5.50. The van der Waals surface area contributed by atoms with Gasteiger partial charge in [-0.3, -0.25) is 4.79 Å². The van der Waals surface area contributed by atoms with E-state index in [0.29, 0.717) is 17.5 Å². The molecule has 0 saturated heterocycles. The monoisotopic (exact) mass is 404 g/mol. The fourth-order valence-corrected chi connectivity index (χ4v) is 3.72. The number of hydrogen-bond acceptors (Lipinski definition) is 4. The number of methoxy groups -OCH3 is 1. The second-order valence-electron chi connectivity index (χ2n) is 6.70. The Bertz CT molecular complexity index is 933. The summed E-state index contributed by atoms with van der Waals surface area (Å²) in [6.45, 7) is 1.79. The molecule has 0 amide bonds. The average molecular weight is 404 g/mol. The standard InChI is InChI=1S/C22H19F3O4/c1-3-21(15-7-5-4-6-8-15)17(13-18(19(26)28-2)29-20(21)27)14-9-11-16(12-10-14)22(23,24)25/h4-13,17H,3H2,1-2H3/t17-,21+/m0/s1. The molecule has 0 aliphatic carbocycles. The van der Waals surface area contributed by atoms with Gasteiger partial charge in [0, 0.05) is 5.92 Å². The van der Waals surface area contributed by atoms with Gasteiger partial charge in [-0.15, -0.1) is 0 Å². The van der Waals surface area contributed by atoms with E-state index in [0.717, 1.165) is 19.2 Å². The van der Waals surface area contributed by atoms with Crippen molar-refractivity contribution in [1.82, 2.24) is 0 Å². The summed E-state index contributed by atoms with van der Waals surface area (Å²) < 4.78 is 48.9. The van der Waals surface area contributed by atoms with Crippen molar-refractivity contribution in [2.45, 2.75) is 30.9 Å². The summed E-state index contributed by atoms with van der Waals surface area (Å²) in [7, 11) is 1.16. The highest BCUT2D eigenvalue weighted by molar-refractivity contribution is 5.95. The fourth-order valence-electron chi connectivity index (χ4n) is 3.72. The summed E-state index contributed by atoms with van der Waals surface area (Å²) in [5.41, 5.74) is -0.878. The zero-order chi connectivity index (χ0) is 21.2. The summed E-state index contributed by atoms with van der Waals surface area (Å²) in [6, 6.07) is 13.4. The number of alkyl halides is 3. The molecule has 152 valence electrons. The van der Waals surface area contributed by atoms with Gasteiger partial charge >= 0.3 is 18.1 Å². The normalized spacial score (nSPS) is 21.9. The number of carbonyl (C=O) groups is 2. The molecule has 1 heterocycles. The minimum absolute atomic E-state index is 0.276. The first-order valence-electron chi connectivity index (χ1n) is 8.99. The first kappa shape index (κ1) is 20.6. The molecule has 7 heteroatoms. The Morgan fingerprint density at radius 1 is 1.10 bits per heavy atom. The van der Waals surface area contributed by atoms with Gasteiger partial charge in [-0.1, -0.05) is 49.4 Å². The third-order valence-electron chi connectivity index (χ3n) is 5.25. The predicted octanol–water partition coefficient (Wildman–Crippen LogP) is 4.75. The van der Waals surface area contributed by atoms with E-state index in [1.807, 2.05) is 0 Å². The number of halogens is 3. The van der Waals surface area contributed by atoms with E-state index >= 15 is 0 Å². The van der Waals surface area contributed by atoms with Crippen LogP contribution < -0.4 is 0 Å². The number of esters is 2. The Labute approximate surface area is 165 Å². The molecule has 2 aromatic rings. The number of benzene rings is 2. The first-order valence-corrected chi connectivity index (χ1v) is 8.99. The van der Waals surface area contributed by atoms with E-state index < -0.39 is 35.0 Å². The minimum Gasteiger partial charge on any atom is -0.463 e. The third kappa shape index (κ3) is 3.64. The zero-order valence-electron chi connectivity index (χ0n) is 15.8. The predicted molar refractivity (Wildman–Crippen MR) is 98.8 cm³/mol. The smallest absolute Gasteiger partial charge is 0.416 e. The quantitative estimate of drug-likeness (QED) is 0.690. The van der Waals surface area contributed by atoms with Crippen LogP contribution in [0.4, 0.5) is 13.2 Å². The summed E-state index contributed by atoms with van der Waals surface area (Å²) in [5.74, 6) is -2.47. The molecule has 0 fully saturated rings. The largest absolute Gasteiger partial charge is 0.463 e. The highest BCUT2D eigenvalue weighted by Gasteiger charge is 2.51. The lowest BCUT2D eigenvalue weighted by molar-refractivity contribution is -0.156. The van der Waals surface area contributed by atoms with Gasteiger partial charge < -0.3 is 9.47 Å². The van der Waals surface area contributed by atoms with Crippen molar-refractivity contribution in [3.63, 3.8) is 0 Å². The Hall–Kier alpha value is -3.09. The molecule has 0 unspecified atom stereocenters. The van der Waals surface area contributed by atoms with Crippen molar-refractivity contribution in [2.75, 3.05) is 7.11 Å². The fraction of sp³-hybridized carbons (Fsp3) is 0.273. The van der Waals surface area contributed by atoms with Crippen molar-refractivity contribution in [1.29, 1.82) is 0 Å². The molecule has 0 spiro atoms. The van der Waals surface area contributed by atoms with E-state index in [1.54, 1.807) is 37.3 Å². The van der Waals surface area contributed by atoms with Crippen molar-refractivity contribution in [2.24, 2.45) is 0 Å². The number of carbonyl (C=O) groups excluding carboxylic acids is 2. The molecule has 0 saturated carbocycles. The highest BCUT2D eigenvalue weighted by atomic mass is 19.4. The van der Waals surface area contributed by atoms with Crippen LogP contribution in [0.3, 0.4) is 0 Å². The van der Waals surface area contributed by atoms with Gasteiger partial charge in [-0.25, -0.2) is 4.79 Å². The highest BCUT2D eigenvalue weighted by Crippen LogP contribution is 2.48. The van der Waals surface area contributed by atoms with Crippen LogP contribution in [0.1, 0.15) is 36.0 Å². The second-order valence-corrected chi connectivity index (χ2v) is 6.70. The van der Waals surface area contributed by atoms with E-state index in [4.69, 9.17) is 4.74 Å². The molecule has 1 aliphatic rings. The maximum atomic E-state index is 13.1. The van der Waals surface area contributed by atoms with Crippen molar-refractivity contribution in [3.05, 3.63) is 83.1 Å². The van der Waals surface area contributed by atoms with E-state index in [9.17, 15) is 22.8 Å². The number of cyclic esters (lactones) is 1. The molecule has 0 aromatic heterocycles. The van der Waals surface area contributed by atoms with E-state index in [-0.39, 0.29) is 5.76 Å². The molecular formula is C22H19F3O4. The Balaban J connectivity index is 2.20. The van der Waals surface area contributed by atoms with Crippen LogP contribution in [0.15, 0.2) is 66.4 Å². The van der Waals surface area contributed by atoms with E-state index in [2.05, 4.69) is 4.74 Å². The van der Waals surface area contributed by atoms with Crippen LogP contribution >= 0.6 is 0 Å². The molecule has 4 nitrogen and oxygen atoms in total. The average Bonchev–Trinajstić information content (AvgIpc) is 2.73. The van der Waals surface area contributed by atoms with Gasteiger partial charge in [0.15, 0.2) is 0 Å². The Morgan fingerprint density at radius 3 is 2.24 bits per heavy atom. The molecule has 29 heavy (non-hydrogen) atoms. The molecule has 2 atom stereocenters. The van der Waals surface area contributed by atoms with Gasteiger partial charge in [-0.2, -0.15) is 13.2 Å². The lowest BCUT2D eigenvalue weighted by Crippen LogP contribution is -2.45. The lowest BCUT2D eigenvalue weighted by Gasteiger charge is -2.40. The second kappa shape index (κ2) is 7.73. The van der Waals surface area contributed by atoms with Crippen LogP contribution in [-0.4, -0.2) is 19.0 Å². The number of allylic oxidation sites excluding steroid dienone is 1. The molecule has 0 N–H and O–H groups in total. The van der Waals surface area contributed by atoms with E-state index in [1.165, 1.54) is 18.2 Å². The maximum Gasteiger partial charge on any atom is 0.416 e. The number of ether oxygens (including phenoxy) is 2. The molecule has 1 aliphatic heterocycles. The molecule has 0 radical (unpaired) electrons. The van der Waals surface area contributed by atoms with Crippen LogP contribution in [0, 0.1) is 0 Å². The van der Waals surface area contributed by atoms with Gasteiger partial charge in [-0.05, 0) is 35.8 Å². The topological polar surface area (TPSA) is 52.6 Å². The zero-order valence-corrected chi connectivity index (χ0v) is 15.8. The van der Waals surface area contributed by atoms with Gasteiger partial charge in [0.2, 0.25) is 5.76 Å². The molecule has 2 aromatic carbocycles. The SMILES string of the molecule is CC[C@]1(c2ccccc2)C(=O)OC(C(=O)OC)=C[C@H]1c1ccc(C(F)(F)F)cc1. The third-order valence-corrected chi connectivity index (χ3v) is 5.25. The summed E-state index contributed by atoms with van der Waals surface area (Å²) in [5, 5.41) is 0.